The van der Waals surface area contributed by atoms with Gasteiger partial charge in [-0.25, -0.2) is 0 Å². The fourth-order valence-corrected chi connectivity index (χ4v) is 9.95. The molecule has 0 nitrogen and oxygen atoms in total. The van der Waals surface area contributed by atoms with Gasteiger partial charge in [0.1, 0.15) is 0 Å². The van der Waals surface area contributed by atoms with E-state index in [9.17, 15) is 0 Å². The summed E-state index contributed by atoms with van der Waals surface area (Å²) in [6.45, 7) is 0. The second-order valence-corrected chi connectivity index (χ2v) is 13.2. The van der Waals surface area contributed by atoms with Gasteiger partial charge in [-0.05, 0) is 0 Å². The van der Waals surface area contributed by atoms with E-state index >= 15 is 0 Å². The van der Waals surface area contributed by atoms with E-state index in [1.165, 1.54) is 46.1 Å². The molecule has 0 amide bonds. The first-order chi connectivity index (χ1) is 17.4. The first-order valence-electron chi connectivity index (χ1n) is 12.0. The summed E-state index contributed by atoms with van der Waals surface area (Å²) in [6.07, 6.45) is 0. The van der Waals surface area contributed by atoms with Gasteiger partial charge >= 0.3 is 212 Å². The fraction of sp³-hybridized carbons (Fsp3) is 0. The Bertz CT molecular complexity index is 1560. The molecule has 0 aliphatic rings. The number of fused-ring (bicyclic) bond motifs is 1. The van der Waals surface area contributed by atoms with Crippen LogP contribution in [0.3, 0.4) is 0 Å². The van der Waals surface area contributed by atoms with E-state index in [0.717, 1.165) is 0 Å². The van der Waals surface area contributed by atoms with Crippen LogP contribution in [0.5, 0.6) is 0 Å². The van der Waals surface area contributed by atoms with Crippen molar-refractivity contribution in [3.63, 3.8) is 0 Å². The monoisotopic (exact) mass is 508 g/mol. The Labute approximate surface area is 211 Å². The molecule has 6 aromatic rings. The average molecular weight is 508 g/mol. The van der Waals surface area contributed by atoms with Gasteiger partial charge in [-0.3, -0.25) is 0 Å². The van der Waals surface area contributed by atoms with Crippen molar-refractivity contribution in [2.75, 3.05) is 0 Å². The van der Waals surface area contributed by atoms with E-state index in [0.29, 0.717) is 0 Å². The Kier molecular flexibility index (Phi) is 6.05. The van der Waals surface area contributed by atoms with Crippen molar-refractivity contribution < 1.29 is 0 Å². The van der Waals surface area contributed by atoms with Gasteiger partial charge in [0.15, 0.2) is 0 Å². The molecule has 0 saturated heterocycles. The van der Waals surface area contributed by atoms with Gasteiger partial charge in [0.25, 0.3) is 0 Å². The average Bonchev–Trinajstić information content (AvgIpc) is 2.95. The van der Waals surface area contributed by atoms with Crippen LogP contribution >= 0.6 is 0 Å². The predicted octanol–water partition coefficient (Wildman–Crippen LogP) is 6.69. The Hall–Kier alpha value is -3.86. The maximum absolute atomic E-state index is 2.37. The molecule has 0 heterocycles. The molecule has 0 saturated carbocycles. The summed E-state index contributed by atoms with van der Waals surface area (Å²) in [7, 11) is 0. The Balaban J connectivity index is 1.48. The molecule has 0 bridgehead atoms. The van der Waals surface area contributed by atoms with Crippen molar-refractivity contribution in [1.82, 2.24) is 0 Å². The van der Waals surface area contributed by atoms with Gasteiger partial charge in [-0.15, -0.1) is 0 Å². The van der Waals surface area contributed by atoms with Gasteiger partial charge in [-0.2, -0.15) is 0 Å². The van der Waals surface area contributed by atoms with Crippen molar-refractivity contribution in [2.24, 2.45) is 0 Å². The third kappa shape index (κ3) is 4.34. The van der Waals surface area contributed by atoms with E-state index < -0.39 is 14.7 Å². The number of hydrogen-bond acceptors (Lipinski definition) is 0. The molecule has 0 fully saturated rings. The molecule has 166 valence electrons. The van der Waals surface area contributed by atoms with E-state index in [4.69, 9.17) is 0 Å². The van der Waals surface area contributed by atoms with Crippen molar-refractivity contribution in [2.45, 2.75) is 0 Å². The zero-order valence-electron chi connectivity index (χ0n) is 19.4. The molecule has 6 rings (SSSR count). The zero-order chi connectivity index (χ0) is 23.5. The van der Waals surface area contributed by atoms with Crippen LogP contribution < -0.4 is 13.1 Å². The van der Waals surface area contributed by atoms with Crippen LogP contribution in [0.1, 0.15) is 0 Å². The van der Waals surface area contributed by atoms with Crippen LogP contribution in [-0.4, -0.2) is 14.7 Å². The third-order valence-corrected chi connectivity index (χ3v) is 11.7. The van der Waals surface area contributed by atoms with Gasteiger partial charge in [0, 0.05) is 0 Å². The molecule has 0 aliphatic heterocycles. The first kappa shape index (κ1) is 21.7. The van der Waals surface area contributed by atoms with Crippen LogP contribution in [0.25, 0.3) is 33.0 Å². The van der Waals surface area contributed by atoms with Crippen LogP contribution in [0.15, 0.2) is 152 Å². The van der Waals surface area contributed by atoms with Crippen molar-refractivity contribution in [3.05, 3.63) is 152 Å². The number of benzene rings is 6. The molecule has 0 N–H and O–H groups in total. The zero-order valence-corrected chi connectivity index (χ0v) is 21.3. The summed E-state index contributed by atoms with van der Waals surface area (Å²) >= 11 is -1.77. The fourth-order valence-electron chi connectivity index (χ4n) is 4.80. The molecule has 1 atom stereocenters. The minimum atomic E-state index is -1.77. The third-order valence-electron chi connectivity index (χ3n) is 6.47. The molecule has 1 unspecified atom stereocenters. The molecule has 0 aromatic heterocycles. The number of hydrogen-bond donors (Lipinski definition) is 0. The molecule has 6 aromatic carbocycles. The van der Waals surface area contributed by atoms with Gasteiger partial charge in [0.05, 0.1) is 0 Å². The molecule has 35 heavy (non-hydrogen) atoms. The quantitative estimate of drug-likeness (QED) is 0.228. The second-order valence-electron chi connectivity index (χ2n) is 8.63. The van der Waals surface area contributed by atoms with Gasteiger partial charge in [0.2, 0.25) is 0 Å². The van der Waals surface area contributed by atoms with Crippen LogP contribution in [0.4, 0.5) is 0 Å². The molecular formula is C34H25As. The Morgan fingerprint density at radius 1 is 0.343 bits per heavy atom. The van der Waals surface area contributed by atoms with Crippen molar-refractivity contribution in [1.29, 1.82) is 0 Å². The van der Waals surface area contributed by atoms with Crippen LogP contribution in [0.2, 0.25) is 0 Å². The van der Waals surface area contributed by atoms with E-state index in [1.807, 2.05) is 0 Å². The molecule has 0 aliphatic carbocycles. The van der Waals surface area contributed by atoms with Crippen molar-refractivity contribution >= 4 is 38.5 Å². The van der Waals surface area contributed by atoms with Gasteiger partial charge in [-0.1, -0.05) is 0 Å². The van der Waals surface area contributed by atoms with E-state index in [-0.39, 0.29) is 0 Å². The second kappa shape index (κ2) is 9.78. The summed E-state index contributed by atoms with van der Waals surface area (Å²) in [5.74, 6) is 0. The summed E-state index contributed by atoms with van der Waals surface area (Å²) in [5, 5.41) is 2.58. The Morgan fingerprint density at radius 2 is 0.886 bits per heavy atom. The topological polar surface area (TPSA) is 0 Å². The Morgan fingerprint density at radius 3 is 1.69 bits per heavy atom. The molecule has 0 radical (unpaired) electrons. The first-order valence-corrected chi connectivity index (χ1v) is 14.8. The maximum atomic E-state index is 2.37. The summed E-state index contributed by atoms with van der Waals surface area (Å²) < 4.78 is 4.35. The van der Waals surface area contributed by atoms with E-state index in [1.54, 1.807) is 0 Å². The van der Waals surface area contributed by atoms with Crippen LogP contribution in [-0.2, 0) is 0 Å². The number of rotatable bonds is 5. The minimum absolute atomic E-state index is 1.27. The van der Waals surface area contributed by atoms with Crippen molar-refractivity contribution in [3.8, 4) is 22.3 Å². The molecule has 1 heteroatoms. The molecular weight excluding hydrogens is 483 g/mol. The normalized spacial score (nSPS) is 11.9. The van der Waals surface area contributed by atoms with E-state index in [2.05, 4.69) is 152 Å². The van der Waals surface area contributed by atoms with Gasteiger partial charge < -0.3 is 0 Å². The summed E-state index contributed by atoms with van der Waals surface area (Å²) in [4.78, 5) is 0. The summed E-state index contributed by atoms with van der Waals surface area (Å²) in [6, 6.07) is 55.4. The van der Waals surface area contributed by atoms with Crippen LogP contribution in [0, 0.1) is 0 Å². The summed E-state index contributed by atoms with van der Waals surface area (Å²) in [5.41, 5.74) is 5.18. The predicted molar refractivity (Wildman–Crippen MR) is 152 cm³/mol. The molecule has 0 spiro atoms. The standard InChI is InChI=1S/C34H25As/c1-3-12-27(13-4-1)33-19-9-10-21-34(33)35(29-16-5-2-6-17-29)30-24-22-28(23-25-30)32-20-11-15-26-14-7-8-18-31(26)32/h1-25H. The SMILES string of the molecule is c1ccc(-c2ccccc2[As](c2ccccc2)c2ccc(-c3cccc4ccccc34)cc2)cc1.